The average Bonchev–Trinajstić information content (AvgIpc) is 3.17. The van der Waals surface area contributed by atoms with Crippen LogP contribution in [0, 0.1) is 0 Å². The Kier molecular flexibility index (Phi) is 16.1. The van der Waals surface area contributed by atoms with Crippen molar-refractivity contribution in [3.8, 4) is 0 Å². The van der Waals surface area contributed by atoms with Crippen LogP contribution in [0.2, 0.25) is 10.0 Å². The normalized spacial score (nSPS) is 12.1. The first-order valence-corrected chi connectivity index (χ1v) is 18.1. The van der Waals surface area contributed by atoms with E-state index >= 15 is 0 Å². The van der Waals surface area contributed by atoms with E-state index < -0.39 is 24.0 Å². The fraction of sp³-hybridized carbons (Fsp3) is 0.300. The Balaban J connectivity index is 1.50. The maximum absolute atomic E-state index is 13.5. The molecule has 0 aliphatic carbocycles. The number of hydroxylamine groups is 4. The van der Waals surface area contributed by atoms with E-state index in [4.69, 9.17) is 32.9 Å². The summed E-state index contributed by atoms with van der Waals surface area (Å²) in [5.74, 6) is -2.97. The molecular formula is C40H46Cl2N6O6. The predicted molar refractivity (Wildman–Crippen MR) is 208 cm³/mol. The lowest BCUT2D eigenvalue weighted by Gasteiger charge is -2.29. The number of urea groups is 2. The van der Waals surface area contributed by atoms with Crippen molar-refractivity contribution in [2.45, 2.75) is 38.0 Å². The van der Waals surface area contributed by atoms with Crippen LogP contribution in [0.4, 0.5) is 9.59 Å². The zero-order valence-electron chi connectivity index (χ0n) is 30.8. The highest BCUT2D eigenvalue weighted by Crippen LogP contribution is 2.26. The maximum atomic E-state index is 13.5. The molecular weight excluding hydrogens is 731 g/mol. The quantitative estimate of drug-likeness (QED) is 0.104. The van der Waals surface area contributed by atoms with Gasteiger partial charge < -0.3 is 30.1 Å². The van der Waals surface area contributed by atoms with E-state index in [1.54, 1.807) is 24.3 Å². The molecule has 2 atom stereocenters. The number of rotatable bonds is 14. The highest BCUT2D eigenvalue weighted by atomic mass is 35.5. The van der Waals surface area contributed by atoms with Gasteiger partial charge in [0.2, 0.25) is 0 Å². The van der Waals surface area contributed by atoms with Crippen LogP contribution in [0.5, 0.6) is 0 Å². The Hall–Kier alpha value is -5.14. The van der Waals surface area contributed by atoms with Gasteiger partial charge in [0.15, 0.2) is 0 Å². The van der Waals surface area contributed by atoms with Crippen LogP contribution in [0.3, 0.4) is 0 Å². The first-order chi connectivity index (χ1) is 25.9. The number of amides is 4. The fourth-order valence-corrected chi connectivity index (χ4v) is 5.92. The van der Waals surface area contributed by atoms with Crippen LogP contribution in [0.15, 0.2) is 109 Å². The third kappa shape index (κ3) is 13.1. The van der Waals surface area contributed by atoms with Gasteiger partial charge in [0.25, 0.3) is 0 Å². The summed E-state index contributed by atoms with van der Waals surface area (Å²) in [7, 11) is 7.53. The number of carbonyl (C=O) groups is 4. The summed E-state index contributed by atoms with van der Waals surface area (Å²) in [6, 6.07) is 31.1. The Morgan fingerprint density at radius 3 is 1.19 bits per heavy atom. The molecule has 0 radical (unpaired) electrons. The highest BCUT2D eigenvalue weighted by Gasteiger charge is 2.31. The molecule has 0 saturated heterocycles. The molecule has 4 aromatic carbocycles. The van der Waals surface area contributed by atoms with Gasteiger partial charge in [-0.15, -0.1) is 0 Å². The molecule has 0 fully saturated rings. The first kappa shape index (κ1) is 41.6. The lowest BCUT2D eigenvalue weighted by molar-refractivity contribution is -0.204. The minimum atomic E-state index is -1.49. The van der Waals surface area contributed by atoms with Crippen LogP contribution in [-0.2, 0) is 32.4 Å². The van der Waals surface area contributed by atoms with Gasteiger partial charge in [-0.3, -0.25) is 0 Å². The smallest absolute Gasteiger partial charge is 0.331 e. The van der Waals surface area contributed by atoms with Crippen molar-refractivity contribution in [2.24, 2.45) is 0 Å². The summed E-state index contributed by atoms with van der Waals surface area (Å²) in [6.45, 7) is 0.112. The molecule has 0 saturated carbocycles. The molecule has 0 bridgehead atoms. The standard InChI is InChI=1S/C40H46Cl2N6O6/c1-45(2)35(31-15-19-33(41)20-16-31)23-25-47(39(51)43-27-29-11-7-5-8-12-29)53-37(49)38(50)54-48(40(52)44-28-30-13-9-6-10-14-30)26-24-36(46(3)4)32-17-21-34(42)22-18-32/h5-22,35-36H,23-28H2,1-4H3,(H,43,51)(H,44,52). The van der Waals surface area contributed by atoms with E-state index in [-0.39, 0.29) is 38.3 Å². The van der Waals surface area contributed by atoms with Gasteiger partial charge in [-0.2, -0.15) is 10.1 Å². The van der Waals surface area contributed by atoms with Crippen molar-refractivity contribution in [3.05, 3.63) is 141 Å². The van der Waals surface area contributed by atoms with E-state index in [0.29, 0.717) is 22.9 Å². The molecule has 0 spiro atoms. The Morgan fingerprint density at radius 2 is 0.870 bits per heavy atom. The molecule has 12 nitrogen and oxygen atoms in total. The SMILES string of the molecule is CN(C)C(CCN(OC(=O)C(=O)ON(CCC(c1ccc(Cl)cc1)N(C)C)C(=O)NCc1ccccc1)C(=O)NCc1ccccc1)c1ccc(Cl)cc1. The van der Waals surface area contributed by atoms with Gasteiger partial charge in [-0.05, 0) is 87.6 Å². The van der Waals surface area contributed by atoms with Crippen molar-refractivity contribution < 1.29 is 28.9 Å². The second-order valence-electron chi connectivity index (χ2n) is 12.9. The number of carbonyl (C=O) groups excluding carboxylic acids is 4. The monoisotopic (exact) mass is 776 g/mol. The lowest BCUT2D eigenvalue weighted by atomic mass is 10.0. The van der Waals surface area contributed by atoms with Crippen LogP contribution in [0.25, 0.3) is 0 Å². The van der Waals surface area contributed by atoms with Crippen molar-refractivity contribution >= 4 is 47.2 Å². The Labute approximate surface area is 326 Å². The van der Waals surface area contributed by atoms with Crippen molar-refractivity contribution in [2.75, 3.05) is 41.3 Å². The Morgan fingerprint density at radius 1 is 0.537 bits per heavy atom. The molecule has 2 unspecified atom stereocenters. The second kappa shape index (κ2) is 20.9. The topological polar surface area (TPSA) is 124 Å². The average molecular weight is 778 g/mol. The number of hydrogen-bond donors (Lipinski definition) is 2. The molecule has 0 aromatic heterocycles. The van der Waals surface area contributed by atoms with Crippen LogP contribution in [-0.4, -0.2) is 85.2 Å². The summed E-state index contributed by atoms with van der Waals surface area (Å²) in [5, 5.41) is 8.22. The number of halogens is 2. The fourth-order valence-electron chi connectivity index (χ4n) is 5.67. The molecule has 286 valence electrons. The Bertz CT molecular complexity index is 1660. The molecule has 0 aliphatic rings. The van der Waals surface area contributed by atoms with E-state index in [2.05, 4.69) is 10.6 Å². The van der Waals surface area contributed by atoms with Crippen LogP contribution in [0.1, 0.15) is 47.2 Å². The zero-order chi connectivity index (χ0) is 39.0. The minimum Gasteiger partial charge on any atom is -0.331 e. The number of nitrogens with zero attached hydrogens (tertiary/aromatic N) is 4. The van der Waals surface area contributed by atoms with Gasteiger partial charge in [0.05, 0.1) is 13.1 Å². The molecule has 0 heterocycles. The summed E-state index contributed by atoms with van der Waals surface area (Å²) in [5.41, 5.74) is 3.48. The van der Waals surface area contributed by atoms with E-state index in [0.717, 1.165) is 32.4 Å². The molecule has 0 aliphatic heterocycles. The second-order valence-corrected chi connectivity index (χ2v) is 13.8. The summed E-state index contributed by atoms with van der Waals surface area (Å²) in [6.07, 6.45) is 0.640. The summed E-state index contributed by atoms with van der Waals surface area (Å²) < 4.78 is 0. The summed E-state index contributed by atoms with van der Waals surface area (Å²) in [4.78, 5) is 68.3. The predicted octanol–water partition coefficient (Wildman–Crippen LogP) is 7.02. The van der Waals surface area contributed by atoms with Gasteiger partial charge in [0.1, 0.15) is 0 Å². The van der Waals surface area contributed by atoms with Gasteiger partial charge in [0, 0.05) is 35.2 Å². The third-order valence-corrected chi connectivity index (χ3v) is 9.05. The van der Waals surface area contributed by atoms with E-state index in [9.17, 15) is 19.2 Å². The van der Waals surface area contributed by atoms with E-state index in [1.807, 2.05) is 123 Å². The molecule has 4 amide bonds. The van der Waals surface area contributed by atoms with Gasteiger partial charge in [-0.1, -0.05) is 108 Å². The number of nitrogens with one attached hydrogen (secondary N) is 2. The van der Waals surface area contributed by atoms with Crippen molar-refractivity contribution in [3.63, 3.8) is 0 Å². The summed E-state index contributed by atoms with van der Waals surface area (Å²) >= 11 is 12.2. The molecule has 14 heteroatoms. The van der Waals surface area contributed by atoms with Crippen molar-refractivity contribution in [1.82, 2.24) is 30.6 Å². The van der Waals surface area contributed by atoms with Gasteiger partial charge in [-0.25, -0.2) is 19.2 Å². The largest absolute Gasteiger partial charge is 0.444 e. The molecule has 54 heavy (non-hydrogen) atoms. The lowest BCUT2D eigenvalue weighted by Crippen LogP contribution is -2.46. The van der Waals surface area contributed by atoms with Gasteiger partial charge >= 0.3 is 24.0 Å². The van der Waals surface area contributed by atoms with E-state index in [1.165, 1.54) is 0 Å². The maximum Gasteiger partial charge on any atom is 0.444 e. The molecule has 2 N–H and O–H groups in total. The first-order valence-electron chi connectivity index (χ1n) is 17.4. The third-order valence-electron chi connectivity index (χ3n) is 8.55. The van der Waals surface area contributed by atoms with Crippen molar-refractivity contribution in [1.29, 1.82) is 0 Å². The number of hydrogen-bond acceptors (Lipinski definition) is 8. The number of benzene rings is 4. The zero-order valence-corrected chi connectivity index (χ0v) is 32.3. The minimum absolute atomic E-state index is 0.0853. The molecule has 4 rings (SSSR count). The van der Waals surface area contributed by atoms with Crippen LogP contribution >= 0.6 is 23.2 Å². The van der Waals surface area contributed by atoms with Crippen LogP contribution < -0.4 is 10.6 Å². The molecule has 4 aromatic rings. The highest BCUT2D eigenvalue weighted by molar-refractivity contribution is 6.31.